The van der Waals surface area contributed by atoms with Gasteiger partial charge in [0.2, 0.25) is 0 Å². The van der Waals surface area contributed by atoms with E-state index < -0.39 is 0 Å². The fourth-order valence-electron chi connectivity index (χ4n) is 4.52. The zero-order chi connectivity index (χ0) is 23.4. The summed E-state index contributed by atoms with van der Waals surface area (Å²) in [5.74, 6) is 0. The predicted octanol–water partition coefficient (Wildman–Crippen LogP) is 4.41. The monoisotopic (exact) mass is 456 g/mol. The summed E-state index contributed by atoms with van der Waals surface area (Å²) in [6, 6.07) is 28.6. The Hall–Kier alpha value is -2.50. The van der Waals surface area contributed by atoms with Crippen LogP contribution in [0.25, 0.3) is 11.1 Å². The lowest BCUT2D eigenvalue weighted by molar-refractivity contribution is 0.153. The average molecular weight is 457 g/mol. The third-order valence-corrected chi connectivity index (χ3v) is 6.73. The maximum absolute atomic E-state index is 3.63. The van der Waals surface area contributed by atoms with Crippen molar-refractivity contribution in [3.63, 3.8) is 0 Å². The van der Waals surface area contributed by atoms with Crippen molar-refractivity contribution in [1.29, 1.82) is 0 Å². The van der Waals surface area contributed by atoms with Gasteiger partial charge in [-0.15, -0.1) is 0 Å². The van der Waals surface area contributed by atoms with E-state index in [1.165, 1.54) is 67.0 Å². The van der Waals surface area contributed by atoms with Gasteiger partial charge in [-0.2, -0.15) is 0 Å². The van der Waals surface area contributed by atoms with Gasteiger partial charge in [0.05, 0.1) is 0 Å². The maximum Gasteiger partial charge on any atom is 0.0205 e. The van der Waals surface area contributed by atoms with Crippen LogP contribution < -0.4 is 10.6 Å². The van der Waals surface area contributed by atoms with Crippen molar-refractivity contribution in [3.8, 4) is 11.1 Å². The van der Waals surface area contributed by atoms with Crippen LogP contribution in [0.2, 0.25) is 0 Å². The smallest absolute Gasteiger partial charge is 0.0205 e. The van der Waals surface area contributed by atoms with Crippen LogP contribution in [0.5, 0.6) is 0 Å². The maximum atomic E-state index is 3.63. The van der Waals surface area contributed by atoms with E-state index in [0.29, 0.717) is 0 Å². The Morgan fingerprint density at radius 3 is 2.15 bits per heavy atom. The Labute approximate surface area is 206 Å². The molecule has 0 radical (unpaired) electrons. The number of nitrogens with one attached hydrogen (secondary N) is 2. The number of nitrogens with zero attached hydrogens (tertiary/aromatic N) is 2. The second-order valence-electron chi connectivity index (χ2n) is 9.48. The lowest BCUT2D eigenvalue weighted by atomic mass is 10.0. The first-order valence-corrected chi connectivity index (χ1v) is 12.8. The van der Waals surface area contributed by atoms with Gasteiger partial charge < -0.3 is 20.4 Å². The summed E-state index contributed by atoms with van der Waals surface area (Å²) >= 11 is 0. The van der Waals surface area contributed by atoms with Crippen molar-refractivity contribution in [3.05, 3.63) is 95.6 Å². The van der Waals surface area contributed by atoms with Crippen LogP contribution >= 0.6 is 0 Å². The largest absolute Gasteiger partial charge is 0.313 e. The summed E-state index contributed by atoms with van der Waals surface area (Å²) in [4.78, 5) is 5.00. The van der Waals surface area contributed by atoms with Gasteiger partial charge in [0.1, 0.15) is 0 Å². The van der Waals surface area contributed by atoms with Crippen molar-refractivity contribution in [2.24, 2.45) is 0 Å². The molecule has 1 fully saturated rings. The number of benzene rings is 3. The number of piperazine rings is 1. The van der Waals surface area contributed by atoms with Crippen LogP contribution in [0, 0.1) is 0 Å². The molecule has 0 saturated carbocycles. The molecule has 0 amide bonds. The van der Waals surface area contributed by atoms with Crippen LogP contribution in [0.3, 0.4) is 0 Å². The Kier molecular flexibility index (Phi) is 9.71. The van der Waals surface area contributed by atoms with Gasteiger partial charge in [0.15, 0.2) is 0 Å². The molecule has 0 unspecified atom stereocenters. The highest BCUT2D eigenvalue weighted by atomic mass is 15.2. The van der Waals surface area contributed by atoms with Crippen molar-refractivity contribution in [2.75, 3.05) is 52.9 Å². The highest BCUT2D eigenvalue weighted by molar-refractivity contribution is 5.64. The highest BCUT2D eigenvalue weighted by Crippen LogP contribution is 2.21. The first-order chi connectivity index (χ1) is 16.8. The van der Waals surface area contributed by atoms with Gasteiger partial charge in [-0.05, 0) is 73.4 Å². The normalized spacial score (nSPS) is 15.0. The zero-order valence-electron chi connectivity index (χ0n) is 20.7. The van der Waals surface area contributed by atoms with Crippen molar-refractivity contribution in [1.82, 2.24) is 20.4 Å². The van der Waals surface area contributed by atoms with Gasteiger partial charge in [0.25, 0.3) is 0 Å². The quantitative estimate of drug-likeness (QED) is 0.395. The van der Waals surface area contributed by atoms with E-state index in [0.717, 1.165) is 32.6 Å². The third-order valence-electron chi connectivity index (χ3n) is 6.73. The molecule has 0 bridgehead atoms. The molecule has 0 aliphatic carbocycles. The van der Waals surface area contributed by atoms with Crippen LogP contribution in [0.15, 0.2) is 78.9 Å². The highest BCUT2D eigenvalue weighted by Gasteiger charge is 2.12. The number of hydrogen-bond donors (Lipinski definition) is 2. The Morgan fingerprint density at radius 1 is 0.647 bits per heavy atom. The van der Waals surface area contributed by atoms with Crippen LogP contribution in [-0.4, -0.2) is 62.7 Å². The number of rotatable bonds is 12. The van der Waals surface area contributed by atoms with Gasteiger partial charge in [-0.3, -0.25) is 0 Å². The van der Waals surface area contributed by atoms with Crippen LogP contribution in [0.1, 0.15) is 23.1 Å². The number of hydrogen-bond acceptors (Lipinski definition) is 4. The summed E-state index contributed by atoms with van der Waals surface area (Å²) in [7, 11) is 2.22. The third kappa shape index (κ3) is 8.07. The van der Waals surface area contributed by atoms with Gasteiger partial charge in [0, 0.05) is 39.3 Å². The minimum atomic E-state index is 0.908. The molecule has 1 aliphatic rings. The molecule has 3 aromatic rings. The molecule has 34 heavy (non-hydrogen) atoms. The Bertz CT molecular complexity index is 963. The summed E-state index contributed by atoms with van der Waals surface area (Å²) in [6.45, 7) is 9.93. The predicted molar refractivity (Wildman–Crippen MR) is 144 cm³/mol. The second kappa shape index (κ2) is 13.4. The van der Waals surface area contributed by atoms with E-state index in [-0.39, 0.29) is 0 Å². The molecular formula is C30H40N4. The lowest BCUT2D eigenvalue weighted by Gasteiger charge is -2.32. The van der Waals surface area contributed by atoms with E-state index in [9.17, 15) is 0 Å². The van der Waals surface area contributed by atoms with Crippen molar-refractivity contribution in [2.45, 2.75) is 25.9 Å². The minimum absolute atomic E-state index is 0.908. The molecule has 0 aromatic heterocycles. The fraction of sp³-hybridized carbons (Fsp3) is 0.400. The molecular weight excluding hydrogens is 416 g/mol. The van der Waals surface area contributed by atoms with Gasteiger partial charge in [-0.25, -0.2) is 0 Å². The van der Waals surface area contributed by atoms with E-state index in [1.807, 2.05) is 0 Å². The summed E-state index contributed by atoms with van der Waals surface area (Å²) in [6.07, 6.45) is 2.28. The van der Waals surface area contributed by atoms with Crippen molar-refractivity contribution >= 4 is 0 Å². The minimum Gasteiger partial charge on any atom is -0.313 e. The standard InChI is InChI=1S/C30H40N4/c1-33-19-21-34(22-20-33)18-6-16-31-25-28-9-5-10-30(23-28)29-13-11-27(12-14-29)24-32-17-15-26-7-3-2-4-8-26/h2-5,7-14,23,31-32H,6,15-22,24-25H2,1H3. The average Bonchev–Trinajstić information content (AvgIpc) is 2.89. The molecule has 4 heteroatoms. The molecule has 1 saturated heterocycles. The topological polar surface area (TPSA) is 30.5 Å². The summed E-state index contributed by atoms with van der Waals surface area (Å²) in [5.41, 5.74) is 6.64. The molecule has 180 valence electrons. The summed E-state index contributed by atoms with van der Waals surface area (Å²) < 4.78 is 0. The second-order valence-corrected chi connectivity index (χ2v) is 9.48. The van der Waals surface area contributed by atoms with E-state index >= 15 is 0 Å². The van der Waals surface area contributed by atoms with E-state index in [4.69, 9.17) is 0 Å². The fourth-order valence-corrected chi connectivity index (χ4v) is 4.52. The van der Waals surface area contributed by atoms with Crippen LogP contribution in [0.4, 0.5) is 0 Å². The van der Waals surface area contributed by atoms with E-state index in [2.05, 4.69) is 106 Å². The molecule has 4 nitrogen and oxygen atoms in total. The zero-order valence-corrected chi connectivity index (χ0v) is 20.7. The molecule has 3 aromatic carbocycles. The Morgan fingerprint density at radius 2 is 1.35 bits per heavy atom. The van der Waals surface area contributed by atoms with Gasteiger partial charge >= 0.3 is 0 Å². The molecule has 0 spiro atoms. The number of likely N-dealkylation sites (N-methyl/N-ethyl adjacent to an activating group) is 1. The molecule has 0 atom stereocenters. The van der Waals surface area contributed by atoms with Crippen molar-refractivity contribution < 1.29 is 0 Å². The molecule has 4 rings (SSSR count). The first-order valence-electron chi connectivity index (χ1n) is 12.8. The van der Waals surface area contributed by atoms with E-state index in [1.54, 1.807) is 0 Å². The molecule has 1 aliphatic heterocycles. The summed E-state index contributed by atoms with van der Waals surface area (Å²) in [5, 5.41) is 7.19. The first kappa shape index (κ1) is 24.6. The SMILES string of the molecule is CN1CCN(CCCNCc2cccc(-c3ccc(CNCCc4ccccc4)cc3)c2)CC1. The van der Waals surface area contributed by atoms with Gasteiger partial charge in [-0.1, -0.05) is 72.8 Å². The lowest BCUT2D eigenvalue weighted by Crippen LogP contribution is -2.45. The Balaban J connectivity index is 1.17. The van der Waals surface area contributed by atoms with Crippen LogP contribution in [-0.2, 0) is 19.5 Å². The molecule has 2 N–H and O–H groups in total. The molecule has 1 heterocycles.